The van der Waals surface area contributed by atoms with Crippen molar-refractivity contribution < 1.29 is 24.5 Å². The van der Waals surface area contributed by atoms with Crippen molar-refractivity contribution in [3.8, 4) is 0 Å². The Morgan fingerprint density at radius 2 is 1.04 bits per heavy atom. The van der Waals surface area contributed by atoms with Gasteiger partial charge in [0.1, 0.15) is 6.10 Å². The van der Waals surface area contributed by atoms with E-state index in [1.165, 1.54) is 64.2 Å². The fraction of sp³-hybridized carbons (Fsp3) is 0.680. The van der Waals surface area contributed by atoms with Crippen molar-refractivity contribution in [1.29, 1.82) is 0 Å². The molecule has 3 unspecified atom stereocenters. The van der Waals surface area contributed by atoms with Crippen molar-refractivity contribution in [2.24, 2.45) is 0 Å². The summed E-state index contributed by atoms with van der Waals surface area (Å²) in [5.41, 5.74) is 0. The van der Waals surface area contributed by atoms with E-state index in [0.717, 1.165) is 77.0 Å². The summed E-state index contributed by atoms with van der Waals surface area (Å²) in [5.74, 6) is -0.586. The first-order valence-electron chi connectivity index (χ1n) is 22.9. The van der Waals surface area contributed by atoms with Gasteiger partial charge in [-0.25, -0.2) is 0 Å². The van der Waals surface area contributed by atoms with E-state index in [0.29, 0.717) is 25.7 Å². The highest BCUT2D eigenvalue weighted by Gasteiger charge is 2.24. The van der Waals surface area contributed by atoms with Crippen LogP contribution in [0.15, 0.2) is 85.1 Å². The Morgan fingerprint density at radius 3 is 1.62 bits per heavy atom. The molecule has 0 aliphatic heterocycles. The fourth-order valence-electron chi connectivity index (χ4n) is 6.37. The van der Waals surface area contributed by atoms with Crippen LogP contribution >= 0.6 is 0 Å². The minimum absolute atomic E-state index is 0.0349. The van der Waals surface area contributed by atoms with Gasteiger partial charge in [0.05, 0.1) is 25.2 Å². The third-order valence-electron chi connectivity index (χ3n) is 9.84. The second kappa shape index (κ2) is 43.2. The number of unbranched alkanes of at least 4 members (excludes halogenated alkanes) is 17. The zero-order valence-corrected chi connectivity index (χ0v) is 36.2. The van der Waals surface area contributed by atoms with Gasteiger partial charge in [-0.1, -0.05) is 196 Å². The molecule has 0 heterocycles. The molecule has 56 heavy (non-hydrogen) atoms. The summed E-state index contributed by atoms with van der Waals surface area (Å²) >= 11 is 0. The van der Waals surface area contributed by atoms with Gasteiger partial charge in [-0.15, -0.1) is 0 Å². The molecule has 0 saturated carbocycles. The highest BCUT2D eigenvalue weighted by atomic mass is 16.5. The maximum Gasteiger partial charge on any atom is 0.306 e. The summed E-state index contributed by atoms with van der Waals surface area (Å²) in [6, 6.07) is -0.723. The molecule has 0 bridgehead atoms. The molecule has 0 aliphatic carbocycles. The second-order valence-electron chi connectivity index (χ2n) is 15.2. The van der Waals surface area contributed by atoms with Crippen molar-refractivity contribution in [1.82, 2.24) is 5.32 Å². The minimum atomic E-state index is -0.805. The minimum Gasteiger partial charge on any atom is -0.462 e. The molecular formula is C50H85NO5. The van der Waals surface area contributed by atoms with Gasteiger partial charge in [0.15, 0.2) is 0 Å². The van der Waals surface area contributed by atoms with E-state index in [1.54, 1.807) is 0 Å². The molecule has 0 rings (SSSR count). The smallest absolute Gasteiger partial charge is 0.306 e. The number of carbonyl (C=O) groups is 2. The zero-order valence-electron chi connectivity index (χ0n) is 36.2. The number of esters is 1. The number of hydrogen-bond acceptors (Lipinski definition) is 5. The largest absolute Gasteiger partial charge is 0.462 e. The van der Waals surface area contributed by atoms with Gasteiger partial charge in [-0.3, -0.25) is 9.59 Å². The van der Waals surface area contributed by atoms with Gasteiger partial charge in [0.25, 0.3) is 0 Å². The lowest BCUT2D eigenvalue weighted by Crippen LogP contribution is -2.46. The quantitative estimate of drug-likeness (QED) is 0.0250. The van der Waals surface area contributed by atoms with Gasteiger partial charge >= 0.3 is 5.97 Å². The third-order valence-corrected chi connectivity index (χ3v) is 9.84. The molecule has 0 fully saturated rings. The Bertz CT molecular complexity index is 1100. The lowest BCUT2D eigenvalue weighted by atomic mass is 10.0. The molecule has 0 saturated heterocycles. The second-order valence-corrected chi connectivity index (χ2v) is 15.2. The van der Waals surface area contributed by atoms with Crippen LogP contribution in [0.4, 0.5) is 0 Å². The maximum atomic E-state index is 13.1. The van der Waals surface area contributed by atoms with Crippen LogP contribution in [0.3, 0.4) is 0 Å². The van der Waals surface area contributed by atoms with E-state index < -0.39 is 18.2 Å². The van der Waals surface area contributed by atoms with Gasteiger partial charge in [0.2, 0.25) is 5.91 Å². The number of hydrogen-bond donors (Lipinski definition) is 3. The number of amides is 1. The molecule has 6 nitrogen and oxygen atoms in total. The molecule has 0 aromatic heterocycles. The summed E-state index contributed by atoms with van der Waals surface area (Å²) < 4.78 is 5.86. The monoisotopic (exact) mass is 780 g/mol. The van der Waals surface area contributed by atoms with Gasteiger partial charge < -0.3 is 20.3 Å². The van der Waals surface area contributed by atoms with E-state index in [9.17, 15) is 19.8 Å². The van der Waals surface area contributed by atoms with Crippen LogP contribution in [0.1, 0.15) is 194 Å². The number of allylic oxidation sites excluding steroid dienone is 14. The lowest BCUT2D eigenvalue weighted by molar-refractivity contribution is -0.151. The predicted octanol–water partition coefficient (Wildman–Crippen LogP) is 13.2. The topological polar surface area (TPSA) is 95.9 Å². The summed E-state index contributed by atoms with van der Waals surface area (Å²) in [6.07, 6.45) is 55.0. The van der Waals surface area contributed by atoms with Crippen LogP contribution in [0.25, 0.3) is 0 Å². The number of rotatable bonds is 39. The maximum absolute atomic E-state index is 13.1. The van der Waals surface area contributed by atoms with Crippen molar-refractivity contribution in [2.45, 2.75) is 212 Å². The average molecular weight is 780 g/mol. The highest BCUT2D eigenvalue weighted by Crippen LogP contribution is 2.16. The SMILES string of the molecule is CC/C=C/C=C/C=C\C=C/C=C/CCCC(=O)OC(CCCCCCC/C=C\C/C=C\CCCCC)CC(=O)NC(CO)C(O)CCCCCCCCCCC. The van der Waals surface area contributed by atoms with E-state index in [1.807, 2.05) is 54.7 Å². The van der Waals surface area contributed by atoms with E-state index >= 15 is 0 Å². The molecule has 0 spiro atoms. The Labute approximate surface area is 344 Å². The average Bonchev–Trinajstić information content (AvgIpc) is 3.19. The number of aliphatic hydroxyl groups excluding tert-OH is 2. The number of ether oxygens (including phenoxy) is 1. The van der Waals surface area contributed by atoms with E-state index in [-0.39, 0.29) is 24.9 Å². The molecule has 6 heteroatoms. The Hall–Kier alpha value is -2.96. The summed E-state index contributed by atoms with van der Waals surface area (Å²) in [6.45, 7) is 6.25. The van der Waals surface area contributed by atoms with Crippen LogP contribution in [0.2, 0.25) is 0 Å². The van der Waals surface area contributed by atoms with E-state index in [2.05, 4.69) is 56.5 Å². The normalized spacial score (nSPS) is 14.2. The van der Waals surface area contributed by atoms with Crippen molar-refractivity contribution in [3.63, 3.8) is 0 Å². The van der Waals surface area contributed by atoms with Crippen LogP contribution < -0.4 is 5.32 Å². The Kier molecular flexibility index (Phi) is 40.9. The van der Waals surface area contributed by atoms with Crippen molar-refractivity contribution in [3.05, 3.63) is 85.1 Å². The molecule has 0 aromatic rings. The number of nitrogens with one attached hydrogen (secondary N) is 1. The van der Waals surface area contributed by atoms with Gasteiger partial charge in [-0.2, -0.15) is 0 Å². The summed E-state index contributed by atoms with van der Waals surface area (Å²) in [4.78, 5) is 26.0. The first kappa shape index (κ1) is 53.0. The van der Waals surface area contributed by atoms with Crippen molar-refractivity contribution >= 4 is 11.9 Å². The molecule has 1 amide bonds. The van der Waals surface area contributed by atoms with Gasteiger partial charge in [-0.05, 0) is 70.6 Å². The highest BCUT2D eigenvalue weighted by molar-refractivity contribution is 5.77. The van der Waals surface area contributed by atoms with E-state index in [4.69, 9.17) is 4.74 Å². The lowest BCUT2D eigenvalue weighted by Gasteiger charge is -2.24. The Balaban J connectivity index is 4.78. The first-order valence-corrected chi connectivity index (χ1v) is 22.9. The third kappa shape index (κ3) is 37.9. The standard InChI is InChI=1S/C50H85NO5/c1-4-7-10-13-16-19-21-23-24-26-27-30-32-35-38-41-46(56-50(55)43-40-37-34-31-28-25-22-20-17-14-11-8-5-2)44-49(54)51-47(45-52)48(53)42-39-36-33-29-18-15-12-9-6-3/h8,11,14,16-17,19-20,22-25,28,31,34,46-48,52-53H,4-7,9-10,12-13,15,18,21,26-27,29-30,32-33,35-45H2,1-3H3,(H,51,54)/b11-8+,17-14+,19-16-,22-20-,24-23-,28-25-,34-31+. The number of aliphatic hydroxyl groups is 2. The molecule has 3 N–H and O–H groups in total. The molecule has 320 valence electrons. The van der Waals surface area contributed by atoms with Crippen LogP contribution in [-0.2, 0) is 14.3 Å². The first-order chi connectivity index (χ1) is 27.5. The Morgan fingerprint density at radius 1 is 0.554 bits per heavy atom. The van der Waals surface area contributed by atoms with Crippen LogP contribution in [0, 0.1) is 0 Å². The molecular weight excluding hydrogens is 695 g/mol. The van der Waals surface area contributed by atoms with Gasteiger partial charge in [0, 0.05) is 6.42 Å². The summed E-state index contributed by atoms with van der Waals surface area (Å²) in [5, 5.41) is 23.6. The predicted molar refractivity (Wildman–Crippen MR) is 241 cm³/mol. The number of carbonyl (C=O) groups excluding carboxylic acids is 2. The molecule has 0 aromatic carbocycles. The molecule has 0 aliphatic rings. The summed E-state index contributed by atoms with van der Waals surface area (Å²) in [7, 11) is 0. The van der Waals surface area contributed by atoms with Crippen LogP contribution in [0.5, 0.6) is 0 Å². The molecule has 0 radical (unpaired) electrons. The fourth-order valence-corrected chi connectivity index (χ4v) is 6.37. The molecule has 3 atom stereocenters. The zero-order chi connectivity index (χ0) is 41.0. The van der Waals surface area contributed by atoms with Crippen molar-refractivity contribution in [2.75, 3.05) is 6.61 Å². The van der Waals surface area contributed by atoms with Crippen LogP contribution in [-0.4, -0.2) is 46.9 Å².